The molecule has 0 unspecified atom stereocenters. The van der Waals surface area contributed by atoms with Crippen LogP contribution in [0.15, 0.2) is 23.0 Å². The summed E-state index contributed by atoms with van der Waals surface area (Å²) in [5.74, 6) is 0. The van der Waals surface area contributed by atoms with E-state index in [4.69, 9.17) is 11.6 Å². The number of aryl methyl sites for hydroxylation is 1. The molecule has 21 heavy (non-hydrogen) atoms. The zero-order chi connectivity index (χ0) is 15.0. The third-order valence-electron chi connectivity index (χ3n) is 4.58. The number of rotatable bonds is 2. The van der Waals surface area contributed by atoms with Crippen molar-refractivity contribution in [2.75, 3.05) is 6.54 Å². The smallest absolute Gasteiger partial charge is 0.194 e. The van der Waals surface area contributed by atoms with Crippen LogP contribution in [0.2, 0.25) is 5.02 Å². The average Bonchev–Trinajstić information content (AvgIpc) is 2.46. The van der Waals surface area contributed by atoms with Gasteiger partial charge in [0.05, 0.1) is 0 Å². The minimum absolute atomic E-state index is 0.113. The second-order valence-electron chi connectivity index (χ2n) is 6.06. The van der Waals surface area contributed by atoms with Crippen molar-refractivity contribution in [3.63, 3.8) is 0 Å². The maximum atomic E-state index is 12.8. The number of benzene rings is 1. The van der Waals surface area contributed by atoms with E-state index in [9.17, 15) is 4.79 Å². The van der Waals surface area contributed by atoms with Crippen LogP contribution in [0.4, 0.5) is 0 Å². The average molecular weight is 305 g/mol. The van der Waals surface area contributed by atoms with Crippen molar-refractivity contribution in [1.82, 2.24) is 9.88 Å². The second kappa shape index (κ2) is 5.82. The van der Waals surface area contributed by atoms with Crippen molar-refractivity contribution in [2.24, 2.45) is 0 Å². The summed E-state index contributed by atoms with van der Waals surface area (Å²) in [5, 5.41) is 1.29. The Morgan fingerprint density at radius 3 is 2.95 bits per heavy atom. The van der Waals surface area contributed by atoms with E-state index >= 15 is 0 Å². The van der Waals surface area contributed by atoms with Crippen molar-refractivity contribution >= 4 is 22.5 Å². The topological polar surface area (TPSA) is 36.1 Å². The molecule has 0 saturated carbocycles. The lowest BCUT2D eigenvalue weighted by Gasteiger charge is -2.33. The van der Waals surface area contributed by atoms with Crippen molar-refractivity contribution in [2.45, 2.75) is 45.7 Å². The summed E-state index contributed by atoms with van der Waals surface area (Å²) < 4.78 is 0. The molecule has 4 heteroatoms. The first-order chi connectivity index (χ1) is 10.1. The molecular weight excluding hydrogens is 284 g/mol. The van der Waals surface area contributed by atoms with Gasteiger partial charge in [-0.15, -0.1) is 0 Å². The Kier molecular flexibility index (Phi) is 4.05. The molecule has 3 rings (SSSR count). The van der Waals surface area contributed by atoms with Crippen LogP contribution in [0.5, 0.6) is 0 Å². The molecule has 1 aliphatic heterocycles. The number of nitrogens with one attached hydrogen (secondary N) is 1. The number of aromatic amines is 1. The summed E-state index contributed by atoms with van der Waals surface area (Å²) in [6.07, 6.45) is 3.73. The quantitative estimate of drug-likeness (QED) is 0.914. The Morgan fingerprint density at radius 1 is 1.38 bits per heavy atom. The number of fused-ring (bicyclic) bond motifs is 1. The second-order valence-corrected chi connectivity index (χ2v) is 6.50. The van der Waals surface area contributed by atoms with Gasteiger partial charge >= 0.3 is 0 Å². The lowest BCUT2D eigenvalue weighted by Crippen LogP contribution is -2.38. The van der Waals surface area contributed by atoms with E-state index in [1.807, 2.05) is 19.1 Å². The lowest BCUT2D eigenvalue weighted by atomic mass is 10.0. The van der Waals surface area contributed by atoms with Gasteiger partial charge in [-0.25, -0.2) is 0 Å². The molecule has 1 fully saturated rings. The van der Waals surface area contributed by atoms with Crippen LogP contribution in [0, 0.1) is 6.92 Å². The fourth-order valence-electron chi connectivity index (χ4n) is 3.21. The number of hydrogen-bond acceptors (Lipinski definition) is 2. The van der Waals surface area contributed by atoms with Crippen LogP contribution in [-0.4, -0.2) is 22.5 Å². The third-order valence-corrected chi connectivity index (χ3v) is 4.81. The van der Waals surface area contributed by atoms with Crippen molar-refractivity contribution in [3.05, 3.63) is 44.7 Å². The minimum atomic E-state index is 0.113. The Labute approximate surface area is 129 Å². The number of piperidine rings is 1. The number of pyridine rings is 1. The highest BCUT2D eigenvalue weighted by Crippen LogP contribution is 2.21. The number of H-pyrrole nitrogens is 1. The molecule has 2 heterocycles. The number of aromatic nitrogens is 1. The first-order valence-electron chi connectivity index (χ1n) is 7.61. The van der Waals surface area contributed by atoms with Crippen molar-refractivity contribution in [1.29, 1.82) is 0 Å². The molecule has 1 atom stereocenters. The number of hydrogen-bond donors (Lipinski definition) is 1. The highest BCUT2D eigenvalue weighted by molar-refractivity contribution is 6.31. The van der Waals surface area contributed by atoms with Crippen LogP contribution >= 0.6 is 11.6 Å². The predicted octanol–water partition coefficient (Wildman–Crippen LogP) is 3.86. The number of nitrogens with zero attached hydrogens (tertiary/aromatic N) is 1. The van der Waals surface area contributed by atoms with Crippen LogP contribution in [0.3, 0.4) is 0 Å². The summed E-state index contributed by atoms with van der Waals surface area (Å²) in [6, 6.07) is 6.00. The van der Waals surface area contributed by atoms with E-state index < -0.39 is 0 Å². The first-order valence-corrected chi connectivity index (χ1v) is 7.99. The van der Waals surface area contributed by atoms with Gasteiger partial charge in [0.15, 0.2) is 5.43 Å². The molecule has 1 N–H and O–H groups in total. The molecule has 0 aliphatic carbocycles. The van der Waals surface area contributed by atoms with Gasteiger partial charge < -0.3 is 4.98 Å². The largest absolute Gasteiger partial charge is 0.358 e. The van der Waals surface area contributed by atoms with Crippen molar-refractivity contribution < 1.29 is 0 Å². The van der Waals surface area contributed by atoms with Crippen LogP contribution < -0.4 is 5.43 Å². The zero-order valence-corrected chi connectivity index (χ0v) is 13.3. The zero-order valence-electron chi connectivity index (χ0n) is 12.6. The molecule has 1 aromatic carbocycles. The monoisotopic (exact) mass is 304 g/mol. The fraction of sp³-hybridized carbons (Fsp3) is 0.471. The van der Waals surface area contributed by atoms with Gasteiger partial charge in [-0.05, 0) is 51.4 Å². The predicted molar refractivity (Wildman–Crippen MR) is 88.0 cm³/mol. The van der Waals surface area contributed by atoms with Crippen LogP contribution in [0.25, 0.3) is 10.9 Å². The molecule has 112 valence electrons. The Morgan fingerprint density at radius 2 is 2.19 bits per heavy atom. The maximum absolute atomic E-state index is 12.8. The highest BCUT2D eigenvalue weighted by atomic mass is 35.5. The molecule has 1 aliphatic rings. The van der Waals surface area contributed by atoms with E-state index in [-0.39, 0.29) is 5.43 Å². The van der Waals surface area contributed by atoms with E-state index in [2.05, 4.69) is 16.8 Å². The Balaban J connectivity index is 2.03. The first kappa shape index (κ1) is 14.6. The summed E-state index contributed by atoms with van der Waals surface area (Å²) in [7, 11) is 0. The van der Waals surface area contributed by atoms with Gasteiger partial charge in [0.1, 0.15) is 0 Å². The van der Waals surface area contributed by atoms with Crippen LogP contribution in [-0.2, 0) is 6.54 Å². The molecule has 0 bridgehead atoms. The van der Waals surface area contributed by atoms with E-state index in [0.29, 0.717) is 16.5 Å². The van der Waals surface area contributed by atoms with Gasteiger partial charge in [0.25, 0.3) is 0 Å². The normalized spacial score (nSPS) is 20.0. The van der Waals surface area contributed by atoms with Gasteiger partial charge in [-0.3, -0.25) is 9.69 Å². The van der Waals surface area contributed by atoms with Gasteiger partial charge in [-0.1, -0.05) is 18.0 Å². The van der Waals surface area contributed by atoms with E-state index in [1.54, 1.807) is 6.07 Å². The minimum Gasteiger partial charge on any atom is -0.358 e. The Hall–Kier alpha value is -1.32. The highest BCUT2D eigenvalue weighted by Gasteiger charge is 2.20. The summed E-state index contributed by atoms with van der Waals surface area (Å²) in [5.41, 5.74) is 2.81. The number of likely N-dealkylation sites (tertiary alicyclic amines) is 1. The third kappa shape index (κ3) is 2.85. The molecule has 1 saturated heterocycles. The van der Waals surface area contributed by atoms with E-state index in [1.165, 1.54) is 19.3 Å². The van der Waals surface area contributed by atoms with Gasteiger partial charge in [0, 0.05) is 39.8 Å². The fourth-order valence-corrected chi connectivity index (χ4v) is 3.38. The molecule has 0 amide bonds. The Bertz CT molecular complexity index is 723. The molecule has 3 nitrogen and oxygen atoms in total. The number of halogens is 1. The van der Waals surface area contributed by atoms with E-state index in [0.717, 1.165) is 29.9 Å². The summed E-state index contributed by atoms with van der Waals surface area (Å²) in [4.78, 5) is 18.5. The molecule has 0 radical (unpaired) electrons. The van der Waals surface area contributed by atoms with Gasteiger partial charge in [0.2, 0.25) is 0 Å². The summed E-state index contributed by atoms with van der Waals surface area (Å²) in [6.45, 7) is 6.04. The molecule has 2 aromatic rings. The molecule has 0 spiro atoms. The standard InChI is InChI=1S/C17H21ClN2O/c1-11-5-3-4-8-20(11)10-15-12(2)19-16-7-6-13(18)9-14(16)17(15)21/h6-7,9,11H,3-5,8,10H2,1-2H3,(H,19,21)/t11-/m0/s1. The SMILES string of the molecule is Cc1[nH]c2ccc(Cl)cc2c(=O)c1CN1CCCC[C@@H]1C. The maximum Gasteiger partial charge on any atom is 0.194 e. The van der Waals surface area contributed by atoms with Gasteiger partial charge in [-0.2, -0.15) is 0 Å². The van der Waals surface area contributed by atoms with Crippen LogP contribution in [0.1, 0.15) is 37.4 Å². The molecule has 1 aromatic heterocycles. The summed E-state index contributed by atoms with van der Waals surface area (Å²) >= 11 is 6.03. The molecular formula is C17H21ClN2O. The van der Waals surface area contributed by atoms with Crippen molar-refractivity contribution in [3.8, 4) is 0 Å². The lowest BCUT2D eigenvalue weighted by molar-refractivity contribution is 0.152.